The van der Waals surface area contributed by atoms with Crippen LogP contribution in [-0.2, 0) is 4.74 Å². The molecule has 0 bridgehead atoms. The largest absolute Gasteiger partial charge is 0.453 e. The Morgan fingerprint density at radius 2 is 2.43 bits per heavy atom. The van der Waals surface area contributed by atoms with Crippen LogP contribution in [0.5, 0.6) is 0 Å². The second kappa shape index (κ2) is 4.64. The summed E-state index contributed by atoms with van der Waals surface area (Å²) in [4.78, 5) is 9.74. The van der Waals surface area contributed by atoms with Gasteiger partial charge in [-0.3, -0.25) is 0 Å². The van der Waals surface area contributed by atoms with Crippen molar-refractivity contribution in [2.24, 2.45) is 0 Å². The molecule has 0 aromatic heterocycles. The lowest BCUT2D eigenvalue weighted by Gasteiger charge is -1.90. The highest BCUT2D eigenvalue weighted by atomic mass is 127. The Bertz CT molecular complexity index is 66.0. The molecule has 0 rings (SSSR count). The molecular formula is C3H4ClIO2. The van der Waals surface area contributed by atoms with E-state index in [0.29, 0.717) is 6.61 Å². The summed E-state index contributed by atoms with van der Waals surface area (Å²) in [7, 11) is 0. The second-order valence-corrected chi connectivity index (χ2v) is 2.16. The SMILES string of the molecule is O=C(Cl)OCCI. The molecule has 0 fully saturated rings. The Labute approximate surface area is 60.3 Å². The van der Waals surface area contributed by atoms with E-state index in [1.54, 1.807) is 0 Å². The Morgan fingerprint density at radius 1 is 1.86 bits per heavy atom. The van der Waals surface area contributed by atoms with Gasteiger partial charge >= 0.3 is 5.43 Å². The van der Waals surface area contributed by atoms with Crippen LogP contribution in [0.15, 0.2) is 0 Å². The van der Waals surface area contributed by atoms with Crippen molar-refractivity contribution in [3.63, 3.8) is 0 Å². The Hall–Kier alpha value is 0.490. The zero-order valence-electron chi connectivity index (χ0n) is 3.49. The third-order valence-corrected chi connectivity index (χ3v) is 0.842. The Balaban J connectivity index is 2.82. The summed E-state index contributed by atoms with van der Waals surface area (Å²) in [5, 5.41) is 0. The third kappa shape index (κ3) is 6.49. The minimum atomic E-state index is -0.725. The van der Waals surface area contributed by atoms with Gasteiger partial charge in [-0.25, -0.2) is 4.79 Å². The van der Waals surface area contributed by atoms with Gasteiger partial charge in [0.25, 0.3) is 0 Å². The van der Waals surface area contributed by atoms with Gasteiger partial charge in [0.1, 0.15) is 6.61 Å². The molecule has 0 amide bonds. The highest BCUT2D eigenvalue weighted by Crippen LogP contribution is 1.88. The van der Waals surface area contributed by atoms with E-state index in [1.165, 1.54) is 0 Å². The van der Waals surface area contributed by atoms with Crippen molar-refractivity contribution in [1.82, 2.24) is 0 Å². The minimum Gasteiger partial charge on any atom is -0.453 e. The maximum Gasteiger partial charge on any atom is 0.403 e. The van der Waals surface area contributed by atoms with Crippen molar-refractivity contribution in [1.29, 1.82) is 0 Å². The average molecular weight is 234 g/mol. The maximum absolute atomic E-state index is 9.74. The van der Waals surface area contributed by atoms with Crippen molar-refractivity contribution in [3.8, 4) is 0 Å². The second-order valence-electron chi connectivity index (χ2n) is 0.775. The van der Waals surface area contributed by atoms with Crippen LogP contribution >= 0.6 is 34.2 Å². The Kier molecular flexibility index (Phi) is 4.97. The first-order valence-corrected chi connectivity index (χ1v) is 3.56. The fourth-order valence-electron chi connectivity index (χ4n) is 0.119. The molecular weight excluding hydrogens is 230 g/mol. The summed E-state index contributed by atoms with van der Waals surface area (Å²) >= 11 is 6.88. The van der Waals surface area contributed by atoms with Gasteiger partial charge in [0.05, 0.1) is 0 Å². The summed E-state index contributed by atoms with van der Waals surface area (Å²) < 4.78 is 5.10. The number of carbonyl (C=O) groups is 1. The lowest BCUT2D eigenvalue weighted by molar-refractivity contribution is 0.181. The molecule has 0 aliphatic carbocycles. The summed E-state index contributed by atoms with van der Waals surface area (Å²) in [6, 6.07) is 0. The molecule has 0 heterocycles. The van der Waals surface area contributed by atoms with Crippen molar-refractivity contribution in [2.45, 2.75) is 0 Å². The van der Waals surface area contributed by atoms with Gasteiger partial charge in [-0.15, -0.1) is 0 Å². The lowest BCUT2D eigenvalue weighted by Crippen LogP contribution is -1.95. The van der Waals surface area contributed by atoms with E-state index in [-0.39, 0.29) is 0 Å². The number of hydrogen-bond acceptors (Lipinski definition) is 2. The number of halogens is 2. The van der Waals surface area contributed by atoms with Gasteiger partial charge in [-0.2, -0.15) is 0 Å². The zero-order chi connectivity index (χ0) is 5.70. The Morgan fingerprint density at radius 3 is 2.57 bits per heavy atom. The molecule has 0 atom stereocenters. The van der Waals surface area contributed by atoms with E-state index >= 15 is 0 Å². The molecule has 0 aromatic rings. The van der Waals surface area contributed by atoms with Gasteiger partial charge in [-0.05, 0) is 0 Å². The standard InChI is InChI=1S/C3H4ClIO2/c4-3(6)7-2-1-5/h1-2H2. The molecule has 2 nitrogen and oxygen atoms in total. The minimum absolute atomic E-state index is 0.406. The van der Waals surface area contributed by atoms with Crippen LogP contribution < -0.4 is 0 Å². The topological polar surface area (TPSA) is 26.3 Å². The first-order chi connectivity index (χ1) is 3.27. The molecule has 0 saturated heterocycles. The van der Waals surface area contributed by atoms with Crippen molar-refractivity contribution < 1.29 is 9.53 Å². The van der Waals surface area contributed by atoms with Crippen LogP contribution in [-0.4, -0.2) is 16.5 Å². The maximum atomic E-state index is 9.74. The molecule has 0 spiro atoms. The predicted molar refractivity (Wildman–Crippen MR) is 36.1 cm³/mol. The van der Waals surface area contributed by atoms with Crippen LogP contribution in [0.25, 0.3) is 0 Å². The zero-order valence-corrected chi connectivity index (χ0v) is 6.40. The third-order valence-electron chi connectivity index (χ3n) is 0.293. The van der Waals surface area contributed by atoms with E-state index in [9.17, 15) is 4.79 Å². The number of ether oxygens (including phenoxy) is 1. The van der Waals surface area contributed by atoms with Crippen LogP contribution in [0.2, 0.25) is 0 Å². The van der Waals surface area contributed by atoms with Gasteiger partial charge in [0.15, 0.2) is 0 Å². The van der Waals surface area contributed by atoms with E-state index in [1.807, 2.05) is 0 Å². The molecule has 7 heavy (non-hydrogen) atoms. The molecule has 0 aromatic carbocycles. The monoisotopic (exact) mass is 234 g/mol. The van der Waals surface area contributed by atoms with Crippen molar-refractivity contribution in [3.05, 3.63) is 0 Å². The van der Waals surface area contributed by atoms with Gasteiger partial charge in [0, 0.05) is 16.0 Å². The number of hydrogen-bond donors (Lipinski definition) is 0. The first-order valence-electron chi connectivity index (χ1n) is 1.65. The predicted octanol–water partition coefficient (Wildman–Crippen LogP) is 1.80. The fourth-order valence-corrected chi connectivity index (χ4v) is 0.416. The quantitative estimate of drug-likeness (QED) is 0.414. The van der Waals surface area contributed by atoms with E-state index in [4.69, 9.17) is 11.6 Å². The molecule has 0 aliphatic heterocycles. The van der Waals surface area contributed by atoms with E-state index in [0.717, 1.165) is 4.43 Å². The van der Waals surface area contributed by atoms with E-state index < -0.39 is 5.43 Å². The summed E-state index contributed by atoms with van der Waals surface area (Å²) in [6.07, 6.45) is 0. The van der Waals surface area contributed by atoms with Gasteiger partial charge < -0.3 is 4.74 Å². The van der Waals surface area contributed by atoms with Crippen LogP contribution in [0.1, 0.15) is 0 Å². The van der Waals surface area contributed by atoms with Gasteiger partial charge in [-0.1, -0.05) is 22.6 Å². The number of rotatable bonds is 2. The normalized spacial score (nSPS) is 8.29. The van der Waals surface area contributed by atoms with Gasteiger partial charge in [0.2, 0.25) is 0 Å². The summed E-state index contributed by atoms with van der Waals surface area (Å²) in [5.41, 5.74) is -0.725. The van der Waals surface area contributed by atoms with E-state index in [2.05, 4.69) is 27.3 Å². The van der Waals surface area contributed by atoms with Crippen LogP contribution in [0, 0.1) is 0 Å². The fraction of sp³-hybridized carbons (Fsp3) is 0.667. The lowest BCUT2D eigenvalue weighted by atomic mass is 10.9. The highest BCUT2D eigenvalue weighted by molar-refractivity contribution is 14.1. The van der Waals surface area contributed by atoms with Crippen LogP contribution in [0.3, 0.4) is 0 Å². The summed E-state index contributed by atoms with van der Waals surface area (Å²) in [5.74, 6) is 0. The first kappa shape index (κ1) is 7.49. The molecule has 0 aliphatic rings. The average Bonchev–Trinajstić information content (AvgIpc) is 1.61. The molecule has 0 unspecified atom stereocenters. The number of carbonyl (C=O) groups excluding carboxylic acids is 1. The molecule has 0 radical (unpaired) electrons. The van der Waals surface area contributed by atoms with Crippen molar-refractivity contribution in [2.75, 3.05) is 11.0 Å². The van der Waals surface area contributed by atoms with Crippen LogP contribution in [0.4, 0.5) is 4.79 Å². The molecule has 0 saturated carbocycles. The molecule has 0 N–H and O–H groups in total. The molecule has 42 valence electrons. The summed E-state index contributed by atoms with van der Waals surface area (Å²) in [6.45, 7) is 0.406. The smallest absolute Gasteiger partial charge is 0.403 e. The highest BCUT2D eigenvalue weighted by Gasteiger charge is 1.89. The molecule has 4 heteroatoms. The van der Waals surface area contributed by atoms with Crippen molar-refractivity contribution >= 4 is 39.6 Å². The number of alkyl halides is 1.